The molecule has 0 radical (unpaired) electrons. The Kier molecular flexibility index (Phi) is 5.67. The van der Waals surface area contributed by atoms with Crippen molar-refractivity contribution in [1.82, 2.24) is 4.31 Å². The Morgan fingerprint density at radius 3 is 2.70 bits per heavy atom. The van der Waals surface area contributed by atoms with Gasteiger partial charge in [0.15, 0.2) is 17.5 Å². The lowest BCUT2D eigenvalue weighted by molar-refractivity contribution is 0.355. The maximum absolute atomic E-state index is 11.7. The summed E-state index contributed by atoms with van der Waals surface area (Å²) in [5, 5.41) is 2.94. The number of nitrogens with two attached hydrogens (primary N) is 1. The van der Waals surface area contributed by atoms with Gasteiger partial charge in [0.25, 0.3) is 0 Å². The maximum atomic E-state index is 11.7. The molecule has 0 aliphatic carbocycles. The summed E-state index contributed by atoms with van der Waals surface area (Å²) in [7, 11) is 0.0256. The van der Waals surface area contributed by atoms with Crippen LogP contribution in [-0.2, 0) is 10.0 Å². The van der Waals surface area contributed by atoms with Gasteiger partial charge < -0.3 is 20.5 Å². The van der Waals surface area contributed by atoms with E-state index >= 15 is 0 Å². The van der Waals surface area contributed by atoms with E-state index in [4.69, 9.17) is 15.2 Å². The highest BCUT2D eigenvalue weighted by atomic mass is 32.2. The van der Waals surface area contributed by atoms with Gasteiger partial charge in [0, 0.05) is 24.8 Å². The Morgan fingerprint density at radius 1 is 1.35 bits per heavy atom. The van der Waals surface area contributed by atoms with Crippen LogP contribution < -0.4 is 20.5 Å². The summed E-state index contributed by atoms with van der Waals surface area (Å²) < 4.78 is 35.1. The zero-order chi connectivity index (χ0) is 16.9. The van der Waals surface area contributed by atoms with Crippen LogP contribution in [0.1, 0.15) is 6.42 Å². The maximum Gasteiger partial charge on any atom is 0.214 e. The first-order valence-corrected chi connectivity index (χ1v) is 8.84. The van der Waals surface area contributed by atoms with Crippen molar-refractivity contribution < 1.29 is 17.9 Å². The lowest BCUT2D eigenvalue weighted by Gasteiger charge is -2.13. The molecule has 0 amide bonds. The fourth-order valence-corrected chi connectivity index (χ4v) is 3.84. The summed E-state index contributed by atoms with van der Waals surface area (Å²) >= 11 is 0. The predicted molar refractivity (Wildman–Crippen MR) is 89.6 cm³/mol. The predicted octanol–water partition coefficient (Wildman–Crippen LogP) is 0.466. The second kappa shape index (κ2) is 7.51. The topological polar surface area (TPSA) is 106 Å². The van der Waals surface area contributed by atoms with E-state index in [1.807, 2.05) is 0 Å². The first-order chi connectivity index (χ1) is 11.0. The summed E-state index contributed by atoms with van der Waals surface area (Å²) in [4.78, 5) is 4.15. The molecule has 1 aliphatic rings. The molecule has 1 aliphatic heterocycles. The second-order valence-electron chi connectivity index (χ2n) is 5.03. The van der Waals surface area contributed by atoms with Crippen LogP contribution in [0.5, 0.6) is 11.5 Å². The van der Waals surface area contributed by atoms with E-state index in [1.54, 1.807) is 32.4 Å². The fraction of sp³-hybridized carbons (Fsp3) is 0.500. The van der Waals surface area contributed by atoms with Gasteiger partial charge in [-0.3, -0.25) is 4.99 Å². The van der Waals surface area contributed by atoms with E-state index in [2.05, 4.69) is 10.3 Å². The Balaban J connectivity index is 1.92. The summed E-state index contributed by atoms with van der Waals surface area (Å²) in [6.07, 6.45) is 0.672. The van der Waals surface area contributed by atoms with Gasteiger partial charge in [-0.25, -0.2) is 12.7 Å². The average Bonchev–Trinajstić information content (AvgIpc) is 2.86. The number of anilines is 1. The first-order valence-electron chi connectivity index (χ1n) is 7.23. The molecular weight excluding hydrogens is 320 g/mol. The zero-order valence-corrected chi connectivity index (χ0v) is 14.1. The van der Waals surface area contributed by atoms with Gasteiger partial charge in [0.1, 0.15) is 0 Å². The molecule has 1 aromatic carbocycles. The molecule has 1 fully saturated rings. The number of sulfonamides is 1. The fourth-order valence-electron chi connectivity index (χ4n) is 2.33. The molecule has 1 aromatic rings. The van der Waals surface area contributed by atoms with Crippen molar-refractivity contribution in [1.29, 1.82) is 0 Å². The third-order valence-corrected chi connectivity index (χ3v) is 5.45. The van der Waals surface area contributed by atoms with Gasteiger partial charge in [-0.05, 0) is 18.6 Å². The van der Waals surface area contributed by atoms with Crippen LogP contribution in [0.15, 0.2) is 23.2 Å². The SMILES string of the molecule is COc1ccc(NC(N)=NCCN2CCCS2(=O)=O)cc1OC. The molecule has 23 heavy (non-hydrogen) atoms. The van der Waals surface area contributed by atoms with Crippen molar-refractivity contribution in [2.75, 3.05) is 44.9 Å². The van der Waals surface area contributed by atoms with Crippen LogP contribution in [0.3, 0.4) is 0 Å². The number of benzene rings is 1. The summed E-state index contributed by atoms with van der Waals surface area (Å²) in [5.74, 6) is 1.63. The van der Waals surface area contributed by atoms with Gasteiger partial charge in [-0.15, -0.1) is 0 Å². The molecule has 0 atom stereocenters. The number of aliphatic imine (C=N–C) groups is 1. The summed E-state index contributed by atoms with van der Waals surface area (Å²) in [5.41, 5.74) is 6.53. The molecule has 128 valence electrons. The molecule has 2 rings (SSSR count). The number of guanidine groups is 1. The number of hydrogen-bond donors (Lipinski definition) is 2. The molecular formula is C14H22N4O4S. The largest absolute Gasteiger partial charge is 0.493 e. The minimum absolute atomic E-state index is 0.216. The molecule has 0 bridgehead atoms. The van der Waals surface area contributed by atoms with E-state index in [-0.39, 0.29) is 11.7 Å². The van der Waals surface area contributed by atoms with Gasteiger partial charge in [-0.1, -0.05) is 0 Å². The molecule has 0 aromatic heterocycles. The Labute approximate surface area is 136 Å². The molecule has 0 spiro atoms. The van der Waals surface area contributed by atoms with Crippen LogP contribution in [0.25, 0.3) is 0 Å². The third kappa shape index (κ3) is 4.49. The Bertz CT molecular complexity index is 675. The van der Waals surface area contributed by atoms with E-state index in [0.29, 0.717) is 43.2 Å². The average molecular weight is 342 g/mol. The minimum Gasteiger partial charge on any atom is -0.493 e. The molecule has 9 heteroatoms. The van der Waals surface area contributed by atoms with E-state index in [0.717, 1.165) is 0 Å². The molecule has 1 heterocycles. The standard InChI is InChI=1S/C14H22N4O4S/c1-21-12-5-4-11(10-13(12)22-2)17-14(15)16-6-8-18-7-3-9-23(18,19)20/h4-5,10H,3,6-9H2,1-2H3,(H3,15,16,17). The van der Waals surface area contributed by atoms with Crippen molar-refractivity contribution in [2.45, 2.75) is 6.42 Å². The number of nitrogens with zero attached hydrogens (tertiary/aromatic N) is 2. The van der Waals surface area contributed by atoms with E-state index < -0.39 is 10.0 Å². The lowest BCUT2D eigenvalue weighted by Crippen LogP contribution is -2.30. The molecule has 0 saturated carbocycles. The van der Waals surface area contributed by atoms with Crippen molar-refractivity contribution in [3.05, 3.63) is 18.2 Å². The van der Waals surface area contributed by atoms with Crippen LogP contribution in [0.2, 0.25) is 0 Å². The van der Waals surface area contributed by atoms with Crippen LogP contribution in [0, 0.1) is 0 Å². The zero-order valence-electron chi connectivity index (χ0n) is 13.3. The smallest absolute Gasteiger partial charge is 0.214 e. The van der Waals surface area contributed by atoms with Crippen LogP contribution in [0.4, 0.5) is 5.69 Å². The summed E-state index contributed by atoms with van der Waals surface area (Å²) in [6.45, 7) is 1.21. The van der Waals surface area contributed by atoms with Crippen molar-refractivity contribution in [3.8, 4) is 11.5 Å². The highest BCUT2D eigenvalue weighted by molar-refractivity contribution is 7.89. The highest BCUT2D eigenvalue weighted by Crippen LogP contribution is 2.29. The normalized spacial score (nSPS) is 17.9. The molecule has 0 unspecified atom stereocenters. The molecule has 8 nitrogen and oxygen atoms in total. The van der Waals surface area contributed by atoms with Crippen molar-refractivity contribution in [3.63, 3.8) is 0 Å². The third-order valence-electron chi connectivity index (χ3n) is 3.49. The molecule has 3 N–H and O–H groups in total. The summed E-state index contributed by atoms with van der Waals surface area (Å²) in [6, 6.07) is 5.28. The number of hydrogen-bond acceptors (Lipinski definition) is 5. The Hall–Kier alpha value is -2.00. The highest BCUT2D eigenvalue weighted by Gasteiger charge is 2.27. The quantitative estimate of drug-likeness (QED) is 0.575. The van der Waals surface area contributed by atoms with Gasteiger partial charge >= 0.3 is 0 Å². The number of methoxy groups -OCH3 is 2. The minimum atomic E-state index is -3.09. The van der Waals surface area contributed by atoms with Gasteiger partial charge in [-0.2, -0.15) is 0 Å². The van der Waals surface area contributed by atoms with E-state index in [1.165, 1.54) is 4.31 Å². The van der Waals surface area contributed by atoms with Crippen LogP contribution >= 0.6 is 0 Å². The number of rotatable bonds is 6. The molecule has 1 saturated heterocycles. The second-order valence-corrected chi connectivity index (χ2v) is 7.12. The van der Waals surface area contributed by atoms with Gasteiger partial charge in [0.05, 0.1) is 26.5 Å². The van der Waals surface area contributed by atoms with Crippen molar-refractivity contribution >= 4 is 21.7 Å². The van der Waals surface area contributed by atoms with Crippen LogP contribution in [-0.4, -0.2) is 58.3 Å². The monoisotopic (exact) mass is 342 g/mol. The van der Waals surface area contributed by atoms with E-state index in [9.17, 15) is 8.42 Å². The van der Waals surface area contributed by atoms with Crippen molar-refractivity contribution in [2.24, 2.45) is 10.7 Å². The number of nitrogens with one attached hydrogen (secondary N) is 1. The first kappa shape index (κ1) is 17.4. The Morgan fingerprint density at radius 2 is 2.09 bits per heavy atom. The lowest BCUT2D eigenvalue weighted by atomic mass is 10.3. The number of ether oxygens (including phenoxy) is 2. The van der Waals surface area contributed by atoms with Gasteiger partial charge in [0.2, 0.25) is 10.0 Å².